The van der Waals surface area contributed by atoms with E-state index >= 15 is 0 Å². The third-order valence-electron chi connectivity index (χ3n) is 3.31. The van der Waals surface area contributed by atoms with E-state index < -0.39 is 16.8 Å². The van der Waals surface area contributed by atoms with Gasteiger partial charge in [-0.3, -0.25) is 0 Å². The molecule has 7 heteroatoms. The van der Waals surface area contributed by atoms with Crippen LogP contribution in [0.5, 0.6) is 0 Å². The van der Waals surface area contributed by atoms with E-state index in [0.717, 1.165) is 6.07 Å². The molecule has 0 aliphatic rings. The average Bonchev–Trinajstić information content (AvgIpc) is 2.72. The molecule has 0 spiro atoms. The normalized spacial score (nSPS) is 12.9. The first-order valence-corrected chi connectivity index (χ1v) is 7.00. The van der Waals surface area contributed by atoms with Gasteiger partial charge in [0.25, 0.3) is 0 Å². The first kappa shape index (κ1) is 15.9. The third-order valence-corrected chi connectivity index (χ3v) is 3.72. The first-order chi connectivity index (χ1) is 9.55. The summed E-state index contributed by atoms with van der Waals surface area (Å²) in [6.45, 7) is 7.72. The zero-order valence-corrected chi connectivity index (χ0v) is 13.0. The zero-order valence-electron chi connectivity index (χ0n) is 12.2. The predicted octanol–water partition coefficient (Wildman–Crippen LogP) is 5.00. The zero-order chi connectivity index (χ0) is 16.1. The summed E-state index contributed by atoms with van der Waals surface area (Å²) in [5.41, 5.74) is 5.54. The number of hydrogen-bond donors (Lipinski definition) is 1. The summed E-state index contributed by atoms with van der Waals surface area (Å²) in [7, 11) is 0. The summed E-state index contributed by atoms with van der Waals surface area (Å²) in [6, 6.07) is 0.987. The second kappa shape index (κ2) is 5.09. The summed E-state index contributed by atoms with van der Waals surface area (Å²) in [5.74, 6) is 0.759. The minimum atomic E-state index is -4.56. The molecule has 0 aliphatic carbocycles. The first-order valence-electron chi connectivity index (χ1n) is 6.62. The van der Waals surface area contributed by atoms with Crippen molar-refractivity contribution in [3.8, 4) is 0 Å². The summed E-state index contributed by atoms with van der Waals surface area (Å²) < 4.78 is 40.9. The standard InChI is InChI=1S/C14H17ClF3N3/c1-6(2)13-20-9-5-8(14(16,17)18)10(15)11(19)12(9)21(13)7(3)4/h5-7H,19H2,1-4H3. The van der Waals surface area contributed by atoms with Gasteiger partial charge in [0.05, 0.1) is 27.3 Å². The maximum Gasteiger partial charge on any atom is 0.418 e. The molecule has 3 nitrogen and oxygen atoms in total. The van der Waals surface area contributed by atoms with Crippen LogP contribution in [-0.2, 0) is 6.18 Å². The Labute approximate surface area is 125 Å². The van der Waals surface area contributed by atoms with Crippen LogP contribution in [0.2, 0.25) is 5.02 Å². The second-order valence-electron chi connectivity index (χ2n) is 5.61. The van der Waals surface area contributed by atoms with Crippen molar-refractivity contribution in [2.75, 3.05) is 5.73 Å². The van der Waals surface area contributed by atoms with E-state index in [1.165, 1.54) is 0 Å². The molecule has 1 aromatic carbocycles. The predicted molar refractivity (Wildman–Crippen MR) is 78.6 cm³/mol. The maximum atomic E-state index is 13.0. The maximum absolute atomic E-state index is 13.0. The fourth-order valence-electron chi connectivity index (χ4n) is 2.42. The van der Waals surface area contributed by atoms with Gasteiger partial charge in [0.2, 0.25) is 0 Å². The van der Waals surface area contributed by atoms with Gasteiger partial charge in [-0.25, -0.2) is 4.98 Å². The van der Waals surface area contributed by atoms with E-state index in [-0.39, 0.29) is 23.2 Å². The Morgan fingerprint density at radius 1 is 1.24 bits per heavy atom. The molecule has 0 fully saturated rings. The number of aromatic nitrogens is 2. The summed E-state index contributed by atoms with van der Waals surface area (Å²) in [6.07, 6.45) is -4.56. The van der Waals surface area contributed by atoms with Crippen molar-refractivity contribution < 1.29 is 13.2 Å². The Morgan fingerprint density at radius 2 is 1.81 bits per heavy atom. The van der Waals surface area contributed by atoms with Gasteiger partial charge >= 0.3 is 6.18 Å². The molecule has 2 aromatic rings. The van der Waals surface area contributed by atoms with Crippen LogP contribution in [0.4, 0.5) is 18.9 Å². The topological polar surface area (TPSA) is 43.8 Å². The molecule has 21 heavy (non-hydrogen) atoms. The lowest BCUT2D eigenvalue weighted by molar-refractivity contribution is -0.137. The average molecular weight is 320 g/mol. The lowest BCUT2D eigenvalue weighted by Crippen LogP contribution is -2.10. The van der Waals surface area contributed by atoms with Gasteiger partial charge in [-0.2, -0.15) is 13.2 Å². The summed E-state index contributed by atoms with van der Waals surface area (Å²) >= 11 is 5.84. The van der Waals surface area contributed by atoms with Crippen molar-refractivity contribution in [1.29, 1.82) is 0 Å². The highest BCUT2D eigenvalue weighted by Gasteiger charge is 2.36. The van der Waals surface area contributed by atoms with Crippen LogP contribution in [0.25, 0.3) is 11.0 Å². The van der Waals surface area contributed by atoms with Crippen molar-refractivity contribution in [2.45, 2.75) is 45.8 Å². The number of benzene rings is 1. The van der Waals surface area contributed by atoms with Gasteiger partial charge in [0.1, 0.15) is 5.82 Å². The minimum absolute atomic E-state index is 0.0162. The Balaban J connectivity index is 2.91. The Bertz CT molecular complexity index is 687. The smallest absolute Gasteiger partial charge is 0.396 e. The molecule has 1 aromatic heterocycles. The molecule has 2 N–H and O–H groups in total. The monoisotopic (exact) mass is 319 g/mol. The summed E-state index contributed by atoms with van der Waals surface area (Å²) in [5, 5.41) is -0.466. The van der Waals surface area contributed by atoms with Gasteiger partial charge < -0.3 is 10.3 Å². The number of alkyl halides is 3. The SMILES string of the molecule is CC(C)c1nc2cc(C(F)(F)F)c(Cl)c(N)c2n1C(C)C. The molecular formula is C14H17ClF3N3. The van der Waals surface area contributed by atoms with Gasteiger partial charge in [-0.1, -0.05) is 25.4 Å². The molecule has 0 saturated carbocycles. The van der Waals surface area contributed by atoms with Gasteiger partial charge in [-0.05, 0) is 19.9 Å². The van der Waals surface area contributed by atoms with Gasteiger partial charge in [0, 0.05) is 12.0 Å². The fraction of sp³-hybridized carbons (Fsp3) is 0.500. The van der Waals surface area contributed by atoms with E-state index in [0.29, 0.717) is 11.3 Å². The highest BCUT2D eigenvalue weighted by molar-refractivity contribution is 6.35. The van der Waals surface area contributed by atoms with Crippen molar-refractivity contribution in [3.63, 3.8) is 0 Å². The van der Waals surface area contributed by atoms with Crippen molar-refractivity contribution in [3.05, 3.63) is 22.5 Å². The van der Waals surface area contributed by atoms with Crippen LogP contribution in [-0.4, -0.2) is 9.55 Å². The van der Waals surface area contributed by atoms with Crippen LogP contribution in [0.15, 0.2) is 6.07 Å². The number of anilines is 1. The van der Waals surface area contributed by atoms with Crippen LogP contribution in [0.1, 0.15) is 51.0 Å². The van der Waals surface area contributed by atoms with Crippen molar-refractivity contribution >= 4 is 28.3 Å². The molecule has 1 heterocycles. The van der Waals surface area contributed by atoms with Gasteiger partial charge in [-0.15, -0.1) is 0 Å². The number of nitrogens with zero attached hydrogens (tertiary/aromatic N) is 2. The molecule has 0 aliphatic heterocycles. The highest BCUT2D eigenvalue weighted by atomic mass is 35.5. The van der Waals surface area contributed by atoms with E-state index in [9.17, 15) is 13.2 Å². The van der Waals surface area contributed by atoms with E-state index in [1.807, 2.05) is 32.3 Å². The lowest BCUT2D eigenvalue weighted by Gasteiger charge is -2.17. The largest absolute Gasteiger partial charge is 0.418 e. The van der Waals surface area contributed by atoms with E-state index in [1.54, 1.807) is 0 Å². The third kappa shape index (κ3) is 2.57. The van der Waals surface area contributed by atoms with Gasteiger partial charge in [0.15, 0.2) is 0 Å². The number of hydrogen-bond acceptors (Lipinski definition) is 2. The second-order valence-corrected chi connectivity index (χ2v) is 5.98. The van der Waals surface area contributed by atoms with Crippen LogP contribution >= 0.6 is 11.6 Å². The molecule has 116 valence electrons. The molecule has 0 atom stereocenters. The molecule has 2 rings (SSSR count). The number of nitrogen functional groups attached to an aromatic ring is 1. The van der Waals surface area contributed by atoms with E-state index in [4.69, 9.17) is 17.3 Å². The quantitative estimate of drug-likeness (QED) is 0.792. The minimum Gasteiger partial charge on any atom is -0.396 e. The summed E-state index contributed by atoms with van der Waals surface area (Å²) in [4.78, 5) is 4.33. The lowest BCUT2D eigenvalue weighted by atomic mass is 10.1. The Morgan fingerprint density at radius 3 is 2.24 bits per heavy atom. The number of halogens is 4. The fourth-order valence-corrected chi connectivity index (χ4v) is 2.67. The molecule has 0 bridgehead atoms. The number of rotatable bonds is 2. The highest BCUT2D eigenvalue weighted by Crippen LogP contribution is 2.42. The molecular weight excluding hydrogens is 303 g/mol. The number of nitrogens with two attached hydrogens (primary N) is 1. The van der Waals surface area contributed by atoms with Crippen LogP contribution in [0, 0.1) is 0 Å². The Hall–Kier alpha value is -1.43. The number of imidazole rings is 1. The number of fused-ring (bicyclic) bond motifs is 1. The molecule has 0 saturated heterocycles. The van der Waals surface area contributed by atoms with E-state index in [2.05, 4.69) is 4.98 Å². The molecule has 0 amide bonds. The van der Waals surface area contributed by atoms with Crippen molar-refractivity contribution in [2.24, 2.45) is 0 Å². The molecule has 0 radical (unpaired) electrons. The Kier molecular flexibility index (Phi) is 3.86. The molecule has 0 unspecified atom stereocenters. The van der Waals surface area contributed by atoms with Crippen molar-refractivity contribution in [1.82, 2.24) is 9.55 Å². The van der Waals surface area contributed by atoms with Crippen LogP contribution < -0.4 is 5.73 Å². The van der Waals surface area contributed by atoms with Crippen LogP contribution in [0.3, 0.4) is 0 Å².